The fourth-order valence-electron chi connectivity index (χ4n) is 1.59. The Bertz CT molecular complexity index is 190. The van der Waals surface area contributed by atoms with Crippen LogP contribution in [-0.4, -0.2) is 45.4 Å². The molecule has 0 bridgehead atoms. The van der Waals surface area contributed by atoms with E-state index >= 15 is 0 Å². The lowest BCUT2D eigenvalue weighted by Crippen LogP contribution is -2.48. The van der Waals surface area contributed by atoms with Crippen molar-refractivity contribution >= 4 is 9.12 Å². The highest BCUT2D eigenvalue weighted by atomic mass is 28.3. The van der Waals surface area contributed by atoms with Gasteiger partial charge in [0.05, 0.1) is 0 Å². The topological polar surface area (TPSA) is 6.48 Å². The van der Waals surface area contributed by atoms with Crippen molar-refractivity contribution in [1.29, 1.82) is 0 Å². The summed E-state index contributed by atoms with van der Waals surface area (Å²) in [5.41, 5.74) is 2.75. The van der Waals surface area contributed by atoms with Crippen LogP contribution in [-0.2, 0) is 0 Å². The van der Waals surface area contributed by atoms with Crippen LogP contribution < -0.4 is 0 Å². The van der Waals surface area contributed by atoms with E-state index in [4.69, 9.17) is 0 Å². The standard InChI is InChI=1S/C12H28N2Si/c1-8-14(9-2)15(13(6)7)11-10-12(3,4)5/h10-11,15H,8-9H2,1-7H3. The number of hydrogen-bond acceptors (Lipinski definition) is 2. The summed E-state index contributed by atoms with van der Waals surface area (Å²) in [6.45, 7) is 13.6. The number of rotatable bonds is 5. The monoisotopic (exact) mass is 228 g/mol. The van der Waals surface area contributed by atoms with Crippen molar-refractivity contribution in [3.05, 3.63) is 11.8 Å². The molecule has 0 saturated heterocycles. The van der Waals surface area contributed by atoms with E-state index in [0.29, 0.717) is 5.41 Å². The molecule has 0 saturated carbocycles. The lowest BCUT2D eigenvalue weighted by Gasteiger charge is -2.31. The molecular formula is C12H28N2Si. The molecule has 15 heavy (non-hydrogen) atoms. The van der Waals surface area contributed by atoms with Gasteiger partial charge in [-0.05, 0) is 32.6 Å². The molecule has 0 aliphatic carbocycles. The molecule has 90 valence electrons. The lowest BCUT2D eigenvalue weighted by molar-refractivity contribution is 0.432. The third-order valence-corrected chi connectivity index (χ3v) is 5.56. The smallest absolute Gasteiger partial charge is 0.214 e. The van der Waals surface area contributed by atoms with E-state index in [1.807, 2.05) is 0 Å². The summed E-state index contributed by atoms with van der Waals surface area (Å²) in [4.78, 5) is 0. The molecule has 2 nitrogen and oxygen atoms in total. The SMILES string of the molecule is CCN(CC)[SiH](C=CC(C)(C)C)N(C)C. The molecule has 0 spiro atoms. The van der Waals surface area contributed by atoms with Crippen molar-refractivity contribution < 1.29 is 0 Å². The maximum absolute atomic E-state index is 2.59. The first-order chi connectivity index (χ1) is 6.81. The van der Waals surface area contributed by atoms with E-state index in [9.17, 15) is 0 Å². The fourth-order valence-corrected chi connectivity index (χ4v) is 4.33. The van der Waals surface area contributed by atoms with Crippen molar-refractivity contribution in [3.63, 3.8) is 0 Å². The van der Waals surface area contributed by atoms with Crippen LogP contribution in [0.5, 0.6) is 0 Å². The largest absolute Gasteiger partial charge is 0.317 e. The number of allylic oxidation sites excluding steroid dienone is 1. The average molecular weight is 228 g/mol. The second kappa shape index (κ2) is 6.46. The van der Waals surface area contributed by atoms with E-state index < -0.39 is 9.12 Å². The van der Waals surface area contributed by atoms with Gasteiger partial charge in [-0.15, -0.1) is 0 Å². The van der Waals surface area contributed by atoms with Gasteiger partial charge in [0, 0.05) is 0 Å². The minimum Gasteiger partial charge on any atom is -0.317 e. The van der Waals surface area contributed by atoms with E-state index in [0.717, 1.165) is 13.1 Å². The molecule has 0 aromatic carbocycles. The van der Waals surface area contributed by atoms with Gasteiger partial charge in [0.15, 0.2) is 0 Å². The van der Waals surface area contributed by atoms with E-state index in [-0.39, 0.29) is 0 Å². The van der Waals surface area contributed by atoms with E-state index in [2.05, 4.69) is 69.6 Å². The van der Waals surface area contributed by atoms with Crippen molar-refractivity contribution in [3.8, 4) is 0 Å². The summed E-state index contributed by atoms with van der Waals surface area (Å²) in [6, 6.07) is 0. The molecule has 0 heterocycles. The molecule has 0 aromatic heterocycles. The Hall–Kier alpha value is -0.123. The van der Waals surface area contributed by atoms with Crippen molar-refractivity contribution in [2.75, 3.05) is 27.2 Å². The predicted octanol–water partition coefficient (Wildman–Crippen LogP) is 2.25. The Labute approximate surface area is 97.7 Å². The Kier molecular flexibility index (Phi) is 6.40. The second-order valence-electron chi connectivity index (χ2n) is 5.32. The lowest BCUT2D eigenvalue weighted by atomic mass is 9.98. The molecule has 0 fully saturated rings. The summed E-state index contributed by atoms with van der Waals surface area (Å²) in [6.07, 6.45) is 2.36. The first-order valence-electron chi connectivity index (χ1n) is 5.91. The van der Waals surface area contributed by atoms with Crippen LogP contribution in [0.2, 0.25) is 0 Å². The Morgan fingerprint density at radius 1 is 1.07 bits per heavy atom. The molecule has 0 aliphatic heterocycles. The molecule has 3 heteroatoms. The molecule has 0 rings (SSSR count). The van der Waals surface area contributed by atoms with E-state index in [1.54, 1.807) is 0 Å². The van der Waals surface area contributed by atoms with Crippen molar-refractivity contribution in [2.45, 2.75) is 34.6 Å². The van der Waals surface area contributed by atoms with Crippen LogP contribution >= 0.6 is 0 Å². The molecule has 0 radical (unpaired) electrons. The highest BCUT2D eigenvalue weighted by Gasteiger charge is 2.18. The van der Waals surface area contributed by atoms with Gasteiger partial charge in [-0.1, -0.05) is 46.4 Å². The third-order valence-electron chi connectivity index (χ3n) is 2.48. The summed E-state index contributed by atoms with van der Waals surface area (Å²) in [7, 11) is 3.36. The van der Waals surface area contributed by atoms with Gasteiger partial charge < -0.3 is 9.13 Å². The zero-order valence-electron chi connectivity index (χ0n) is 11.5. The van der Waals surface area contributed by atoms with Gasteiger partial charge in [0.1, 0.15) is 0 Å². The highest BCUT2D eigenvalue weighted by Crippen LogP contribution is 2.15. The molecule has 1 unspecified atom stereocenters. The van der Waals surface area contributed by atoms with Gasteiger partial charge in [-0.25, -0.2) is 0 Å². The fraction of sp³-hybridized carbons (Fsp3) is 0.833. The first-order valence-corrected chi connectivity index (χ1v) is 7.61. The van der Waals surface area contributed by atoms with Crippen LogP contribution in [0.4, 0.5) is 0 Å². The normalized spacial score (nSPS) is 15.5. The molecule has 0 amide bonds. The second-order valence-corrected chi connectivity index (χ2v) is 8.30. The maximum Gasteiger partial charge on any atom is 0.214 e. The zero-order valence-corrected chi connectivity index (χ0v) is 12.7. The number of nitrogens with zero attached hydrogens (tertiary/aromatic N) is 2. The average Bonchev–Trinajstić information content (AvgIpc) is 2.09. The van der Waals surface area contributed by atoms with E-state index in [1.165, 1.54) is 0 Å². The Morgan fingerprint density at radius 3 is 1.80 bits per heavy atom. The predicted molar refractivity (Wildman–Crippen MR) is 72.4 cm³/mol. The van der Waals surface area contributed by atoms with Crippen molar-refractivity contribution in [2.24, 2.45) is 5.41 Å². The molecule has 0 N–H and O–H groups in total. The van der Waals surface area contributed by atoms with Gasteiger partial charge in [0.2, 0.25) is 9.12 Å². The summed E-state index contributed by atoms with van der Waals surface area (Å²) >= 11 is 0. The summed E-state index contributed by atoms with van der Waals surface area (Å²) < 4.78 is 4.98. The van der Waals surface area contributed by atoms with Gasteiger partial charge in [-0.3, -0.25) is 0 Å². The first kappa shape index (κ1) is 14.9. The minimum atomic E-state index is -1.04. The van der Waals surface area contributed by atoms with Crippen LogP contribution in [0.1, 0.15) is 34.6 Å². The Morgan fingerprint density at radius 2 is 1.53 bits per heavy atom. The molecular weight excluding hydrogens is 200 g/mol. The van der Waals surface area contributed by atoms with Crippen LogP contribution in [0.3, 0.4) is 0 Å². The zero-order chi connectivity index (χ0) is 12.1. The van der Waals surface area contributed by atoms with Gasteiger partial charge in [0.25, 0.3) is 0 Å². The minimum absolute atomic E-state index is 0.300. The van der Waals surface area contributed by atoms with Crippen LogP contribution in [0, 0.1) is 5.41 Å². The van der Waals surface area contributed by atoms with Crippen molar-refractivity contribution in [1.82, 2.24) is 9.13 Å². The highest BCUT2D eigenvalue weighted by molar-refractivity contribution is 6.58. The van der Waals surface area contributed by atoms with Crippen LogP contribution in [0.15, 0.2) is 11.8 Å². The molecule has 0 aromatic rings. The molecule has 0 aliphatic rings. The quantitative estimate of drug-likeness (QED) is 0.666. The molecule has 1 atom stereocenters. The summed E-state index contributed by atoms with van der Waals surface area (Å²) in [5, 5.41) is 0. The Balaban J connectivity index is 4.60. The number of hydrogen-bond donors (Lipinski definition) is 0. The van der Waals surface area contributed by atoms with Crippen LogP contribution in [0.25, 0.3) is 0 Å². The van der Waals surface area contributed by atoms with Gasteiger partial charge >= 0.3 is 0 Å². The maximum atomic E-state index is 2.59. The van der Waals surface area contributed by atoms with Gasteiger partial charge in [-0.2, -0.15) is 0 Å². The summed E-state index contributed by atoms with van der Waals surface area (Å²) in [5.74, 6) is 0. The third kappa shape index (κ3) is 6.13.